The molecule has 0 aromatic heterocycles. The number of amides is 1. The molecule has 3 nitrogen and oxygen atoms in total. The number of halogens is 1. The molecule has 0 aliphatic heterocycles. The van der Waals surface area contributed by atoms with Gasteiger partial charge in [0.15, 0.2) is 0 Å². The Morgan fingerprint density at radius 2 is 1.88 bits per heavy atom. The summed E-state index contributed by atoms with van der Waals surface area (Å²) in [6, 6.07) is 8.83. The Hall–Kier alpha value is -1.06. The molecule has 4 heteroatoms. The van der Waals surface area contributed by atoms with Crippen LogP contribution in [0.5, 0.6) is 0 Å². The van der Waals surface area contributed by atoms with Gasteiger partial charge in [0.2, 0.25) is 5.91 Å². The summed E-state index contributed by atoms with van der Waals surface area (Å²) in [5.74, 6) is -0.274. The largest absolute Gasteiger partial charge is 0.386 e. The van der Waals surface area contributed by atoms with Gasteiger partial charge in [0, 0.05) is 0 Å². The number of carbonyl (C=O) groups excluding carboxylic acids is 1. The number of aliphatic hydroxyl groups excluding tert-OH is 1. The minimum Gasteiger partial charge on any atom is -0.386 e. The van der Waals surface area contributed by atoms with Crippen LogP contribution in [0.4, 0.5) is 0 Å². The van der Waals surface area contributed by atoms with Gasteiger partial charge in [0.05, 0.1) is 12.1 Å². The van der Waals surface area contributed by atoms with Crippen LogP contribution in [-0.2, 0) is 4.79 Å². The van der Waals surface area contributed by atoms with E-state index in [4.69, 9.17) is 11.6 Å². The van der Waals surface area contributed by atoms with Crippen LogP contribution in [-0.4, -0.2) is 22.4 Å². The summed E-state index contributed by atoms with van der Waals surface area (Å²) < 4.78 is 0. The third-order valence-corrected chi connectivity index (χ3v) is 2.54. The van der Waals surface area contributed by atoms with Gasteiger partial charge in [-0.3, -0.25) is 4.79 Å². The maximum Gasteiger partial charge on any atom is 0.238 e. The van der Waals surface area contributed by atoms with Crippen LogP contribution in [0, 0.1) is 0 Å². The lowest BCUT2D eigenvalue weighted by molar-refractivity contribution is -0.121. The van der Waals surface area contributed by atoms with Crippen LogP contribution in [0.15, 0.2) is 30.3 Å². The predicted molar refractivity (Wildman–Crippen MR) is 64.3 cm³/mol. The lowest BCUT2D eigenvalue weighted by atomic mass is 10.0. The molecule has 88 valence electrons. The molecule has 2 N–H and O–H groups in total. The van der Waals surface area contributed by atoms with E-state index in [9.17, 15) is 9.90 Å². The van der Waals surface area contributed by atoms with Crippen molar-refractivity contribution in [3.63, 3.8) is 0 Å². The number of hydrogen-bond donors (Lipinski definition) is 2. The lowest BCUT2D eigenvalue weighted by Gasteiger charge is -2.21. The van der Waals surface area contributed by atoms with Crippen molar-refractivity contribution in [3.8, 4) is 0 Å². The molecule has 0 saturated heterocycles. The van der Waals surface area contributed by atoms with Crippen LogP contribution >= 0.6 is 11.6 Å². The number of alkyl halides is 1. The van der Waals surface area contributed by atoms with E-state index in [0.717, 1.165) is 5.56 Å². The van der Waals surface area contributed by atoms with Crippen LogP contribution in [0.2, 0.25) is 0 Å². The number of aliphatic hydroxyl groups is 1. The Morgan fingerprint density at radius 1 is 1.31 bits per heavy atom. The molecule has 1 aromatic rings. The van der Waals surface area contributed by atoms with Gasteiger partial charge in [-0.05, 0) is 19.4 Å². The second-order valence-electron chi connectivity index (χ2n) is 3.77. The molecular weight excluding hydrogens is 226 g/mol. The zero-order chi connectivity index (χ0) is 12.1. The fraction of sp³-hybridized carbons (Fsp3) is 0.417. The van der Waals surface area contributed by atoms with Gasteiger partial charge in [-0.1, -0.05) is 30.3 Å². The van der Waals surface area contributed by atoms with Crippen molar-refractivity contribution in [1.82, 2.24) is 5.32 Å². The highest BCUT2D eigenvalue weighted by Gasteiger charge is 2.19. The molecule has 0 radical (unpaired) electrons. The van der Waals surface area contributed by atoms with Crippen molar-refractivity contribution in [2.45, 2.75) is 31.4 Å². The Balaban J connectivity index is 2.61. The maximum atomic E-state index is 11.3. The fourth-order valence-corrected chi connectivity index (χ4v) is 1.42. The molecule has 1 rings (SSSR count). The van der Waals surface area contributed by atoms with Gasteiger partial charge in [0.1, 0.15) is 5.38 Å². The molecule has 3 atom stereocenters. The first-order valence-corrected chi connectivity index (χ1v) is 5.63. The second-order valence-corrected chi connectivity index (χ2v) is 4.42. The number of rotatable bonds is 4. The molecule has 0 aliphatic carbocycles. The van der Waals surface area contributed by atoms with Gasteiger partial charge < -0.3 is 10.4 Å². The van der Waals surface area contributed by atoms with Crippen molar-refractivity contribution in [2.24, 2.45) is 0 Å². The zero-order valence-corrected chi connectivity index (χ0v) is 10.1. The van der Waals surface area contributed by atoms with E-state index in [0.29, 0.717) is 0 Å². The van der Waals surface area contributed by atoms with Gasteiger partial charge in [-0.25, -0.2) is 0 Å². The number of benzene rings is 1. The Labute approximate surface area is 100 Å². The van der Waals surface area contributed by atoms with Gasteiger partial charge >= 0.3 is 0 Å². The molecular formula is C12H16ClNO2. The van der Waals surface area contributed by atoms with Crippen molar-refractivity contribution >= 4 is 17.5 Å². The van der Waals surface area contributed by atoms with Crippen molar-refractivity contribution < 1.29 is 9.90 Å². The smallest absolute Gasteiger partial charge is 0.238 e. The summed E-state index contributed by atoms with van der Waals surface area (Å²) in [4.78, 5) is 11.3. The normalized spacial score (nSPS) is 16.2. The van der Waals surface area contributed by atoms with E-state index in [1.54, 1.807) is 13.8 Å². The maximum absolute atomic E-state index is 11.3. The van der Waals surface area contributed by atoms with E-state index in [1.807, 2.05) is 30.3 Å². The van der Waals surface area contributed by atoms with E-state index in [1.165, 1.54) is 0 Å². The average Bonchev–Trinajstić information content (AvgIpc) is 2.28. The van der Waals surface area contributed by atoms with Gasteiger partial charge in [-0.15, -0.1) is 11.6 Å². The first-order chi connectivity index (χ1) is 7.52. The molecule has 3 unspecified atom stereocenters. The third-order valence-electron chi connectivity index (χ3n) is 2.35. The second kappa shape index (κ2) is 5.87. The Morgan fingerprint density at radius 3 is 2.38 bits per heavy atom. The number of nitrogens with one attached hydrogen (secondary N) is 1. The van der Waals surface area contributed by atoms with Crippen molar-refractivity contribution in [3.05, 3.63) is 35.9 Å². The van der Waals surface area contributed by atoms with Crippen LogP contribution in [0.1, 0.15) is 25.5 Å². The number of hydrogen-bond acceptors (Lipinski definition) is 2. The summed E-state index contributed by atoms with van der Waals surface area (Å²) in [6.07, 6.45) is -0.722. The standard InChI is InChI=1S/C12H16ClNO2/c1-8(13)12(16)14-9(2)11(15)10-6-4-3-5-7-10/h3-9,11,15H,1-2H3,(H,14,16). The highest BCUT2D eigenvalue weighted by Crippen LogP contribution is 2.16. The minimum atomic E-state index is -0.722. The molecule has 0 bridgehead atoms. The molecule has 0 spiro atoms. The molecule has 1 aromatic carbocycles. The van der Waals surface area contributed by atoms with E-state index in [-0.39, 0.29) is 11.9 Å². The summed E-state index contributed by atoms with van der Waals surface area (Å²) in [7, 11) is 0. The number of carbonyl (C=O) groups is 1. The van der Waals surface area contributed by atoms with E-state index < -0.39 is 11.5 Å². The summed E-state index contributed by atoms with van der Waals surface area (Å²) in [5, 5.41) is 12.0. The zero-order valence-electron chi connectivity index (χ0n) is 9.35. The summed E-state index contributed by atoms with van der Waals surface area (Å²) >= 11 is 5.63. The predicted octanol–water partition coefficient (Wildman–Crippen LogP) is 1.85. The first-order valence-electron chi connectivity index (χ1n) is 5.20. The highest BCUT2D eigenvalue weighted by atomic mass is 35.5. The van der Waals surface area contributed by atoms with Crippen molar-refractivity contribution in [1.29, 1.82) is 0 Å². The third kappa shape index (κ3) is 3.51. The van der Waals surface area contributed by atoms with E-state index >= 15 is 0 Å². The van der Waals surface area contributed by atoms with Crippen LogP contribution in [0.3, 0.4) is 0 Å². The quantitative estimate of drug-likeness (QED) is 0.791. The summed E-state index contributed by atoms with van der Waals surface area (Å²) in [5.41, 5.74) is 0.775. The average molecular weight is 242 g/mol. The van der Waals surface area contributed by atoms with Crippen LogP contribution < -0.4 is 5.32 Å². The van der Waals surface area contributed by atoms with Crippen molar-refractivity contribution in [2.75, 3.05) is 0 Å². The van der Waals surface area contributed by atoms with Gasteiger partial charge in [-0.2, -0.15) is 0 Å². The van der Waals surface area contributed by atoms with E-state index in [2.05, 4.69) is 5.32 Å². The lowest BCUT2D eigenvalue weighted by Crippen LogP contribution is -2.40. The first kappa shape index (κ1) is 13.0. The molecule has 0 aliphatic rings. The minimum absolute atomic E-state index is 0.274. The highest BCUT2D eigenvalue weighted by molar-refractivity contribution is 6.30. The summed E-state index contributed by atoms with van der Waals surface area (Å²) in [6.45, 7) is 3.34. The molecule has 0 heterocycles. The monoisotopic (exact) mass is 241 g/mol. The molecule has 0 fully saturated rings. The Bertz CT molecular complexity index is 340. The SMILES string of the molecule is CC(Cl)C(=O)NC(C)C(O)c1ccccc1. The fourth-order valence-electron chi connectivity index (χ4n) is 1.36. The van der Waals surface area contributed by atoms with Crippen LogP contribution in [0.25, 0.3) is 0 Å². The topological polar surface area (TPSA) is 49.3 Å². The molecule has 16 heavy (non-hydrogen) atoms. The molecule has 1 amide bonds. The Kier molecular flexibility index (Phi) is 4.77. The van der Waals surface area contributed by atoms with Gasteiger partial charge in [0.25, 0.3) is 0 Å². The molecule has 0 saturated carbocycles.